The molecule has 176 valence electrons. The van der Waals surface area contributed by atoms with Gasteiger partial charge in [0.15, 0.2) is 11.2 Å². The number of hydrogen-bond acceptors (Lipinski definition) is 4. The van der Waals surface area contributed by atoms with Crippen molar-refractivity contribution in [2.45, 2.75) is 52.0 Å². The number of carbonyl (C=O) groups is 1. The molecule has 33 heavy (non-hydrogen) atoms. The molecular weight excluding hydrogens is 436 g/mol. The molecule has 1 aliphatic rings. The van der Waals surface area contributed by atoms with Crippen molar-refractivity contribution in [3.05, 3.63) is 81.2 Å². The molecule has 1 unspecified atom stereocenters. The summed E-state index contributed by atoms with van der Waals surface area (Å²) in [6.45, 7) is 11.1. The lowest BCUT2D eigenvalue weighted by Crippen LogP contribution is -2.37. The Morgan fingerprint density at radius 2 is 1.73 bits per heavy atom. The second-order valence-corrected chi connectivity index (χ2v) is 9.82. The SMILES string of the molecule is Cc1ccc2c(=O)cc(C(=O)NCC(c3ccc(C(C)(C)C)cc3)N3CCCC3)oc2c1.Cl. The molecular formula is C27H33ClN2O3. The summed E-state index contributed by atoms with van der Waals surface area (Å²) in [7, 11) is 0. The number of fused-ring (bicyclic) bond motifs is 1. The van der Waals surface area contributed by atoms with Crippen molar-refractivity contribution < 1.29 is 9.21 Å². The molecule has 1 fully saturated rings. The predicted octanol–water partition coefficient (Wildman–Crippen LogP) is 5.39. The fourth-order valence-electron chi connectivity index (χ4n) is 4.37. The van der Waals surface area contributed by atoms with Crippen molar-refractivity contribution in [2.24, 2.45) is 0 Å². The van der Waals surface area contributed by atoms with Crippen molar-refractivity contribution in [3.63, 3.8) is 0 Å². The van der Waals surface area contributed by atoms with Crippen molar-refractivity contribution in [1.29, 1.82) is 0 Å². The van der Waals surface area contributed by atoms with Gasteiger partial charge in [-0.2, -0.15) is 0 Å². The zero-order valence-electron chi connectivity index (χ0n) is 19.8. The van der Waals surface area contributed by atoms with Crippen molar-refractivity contribution in [1.82, 2.24) is 10.2 Å². The van der Waals surface area contributed by atoms with E-state index in [-0.39, 0.29) is 41.0 Å². The highest BCUT2D eigenvalue weighted by Crippen LogP contribution is 2.28. The van der Waals surface area contributed by atoms with Crippen LogP contribution in [0.5, 0.6) is 0 Å². The van der Waals surface area contributed by atoms with Crippen molar-refractivity contribution in [3.8, 4) is 0 Å². The van der Waals surface area contributed by atoms with Gasteiger partial charge in [0.1, 0.15) is 5.58 Å². The zero-order chi connectivity index (χ0) is 22.9. The fourth-order valence-corrected chi connectivity index (χ4v) is 4.37. The topological polar surface area (TPSA) is 62.6 Å². The number of nitrogens with one attached hydrogen (secondary N) is 1. The third-order valence-electron chi connectivity index (χ3n) is 6.31. The molecule has 4 rings (SSSR count). The molecule has 3 aromatic rings. The van der Waals surface area contributed by atoms with Crippen LogP contribution in [0.1, 0.15) is 66.9 Å². The number of benzene rings is 2. The second kappa shape index (κ2) is 10.1. The lowest BCUT2D eigenvalue weighted by molar-refractivity contribution is 0.0910. The van der Waals surface area contributed by atoms with Crippen LogP contribution in [-0.2, 0) is 5.41 Å². The average molecular weight is 469 g/mol. The maximum atomic E-state index is 12.9. The number of amides is 1. The molecule has 0 spiro atoms. The van der Waals surface area contributed by atoms with Crippen LogP contribution < -0.4 is 10.7 Å². The number of hydrogen-bond donors (Lipinski definition) is 1. The Labute approximate surface area is 201 Å². The lowest BCUT2D eigenvalue weighted by atomic mass is 9.86. The third-order valence-corrected chi connectivity index (χ3v) is 6.31. The maximum absolute atomic E-state index is 12.9. The average Bonchev–Trinajstić information content (AvgIpc) is 3.27. The van der Waals surface area contributed by atoms with E-state index >= 15 is 0 Å². The summed E-state index contributed by atoms with van der Waals surface area (Å²) in [6, 6.07) is 15.5. The first-order valence-corrected chi connectivity index (χ1v) is 11.4. The Balaban J connectivity index is 0.00000306. The summed E-state index contributed by atoms with van der Waals surface area (Å²) >= 11 is 0. The molecule has 5 nitrogen and oxygen atoms in total. The highest BCUT2D eigenvalue weighted by molar-refractivity contribution is 5.93. The highest BCUT2D eigenvalue weighted by atomic mass is 35.5. The van der Waals surface area contributed by atoms with E-state index < -0.39 is 0 Å². The molecule has 2 aromatic carbocycles. The van der Waals surface area contributed by atoms with Gasteiger partial charge in [0.2, 0.25) is 0 Å². The molecule has 1 N–H and O–H groups in total. The van der Waals surface area contributed by atoms with E-state index in [0.717, 1.165) is 18.7 Å². The van der Waals surface area contributed by atoms with Crippen LogP contribution in [0.3, 0.4) is 0 Å². The van der Waals surface area contributed by atoms with Crippen LogP contribution in [0.2, 0.25) is 0 Å². The normalized spacial score (nSPS) is 15.3. The van der Waals surface area contributed by atoms with Gasteiger partial charge in [-0.3, -0.25) is 14.5 Å². The molecule has 0 radical (unpaired) electrons. The molecule has 1 saturated heterocycles. The van der Waals surface area contributed by atoms with E-state index in [4.69, 9.17) is 4.42 Å². The molecule has 1 aromatic heterocycles. The fraction of sp³-hybridized carbons (Fsp3) is 0.407. The molecule has 1 amide bonds. The summed E-state index contributed by atoms with van der Waals surface area (Å²) < 4.78 is 5.78. The van der Waals surface area contributed by atoms with E-state index in [9.17, 15) is 9.59 Å². The number of aryl methyl sites for hydroxylation is 1. The van der Waals surface area contributed by atoms with Gasteiger partial charge in [-0.25, -0.2) is 0 Å². The van der Waals surface area contributed by atoms with Gasteiger partial charge in [-0.05, 0) is 67.1 Å². The number of rotatable bonds is 5. The van der Waals surface area contributed by atoms with Crippen LogP contribution in [0.4, 0.5) is 0 Å². The van der Waals surface area contributed by atoms with Gasteiger partial charge in [0, 0.05) is 12.6 Å². The van der Waals surface area contributed by atoms with E-state index in [0.29, 0.717) is 17.5 Å². The summed E-state index contributed by atoms with van der Waals surface area (Å²) in [4.78, 5) is 27.8. The van der Waals surface area contributed by atoms with Crippen LogP contribution in [0, 0.1) is 6.92 Å². The lowest BCUT2D eigenvalue weighted by Gasteiger charge is -2.29. The van der Waals surface area contributed by atoms with E-state index in [2.05, 4.69) is 55.3 Å². The van der Waals surface area contributed by atoms with Crippen molar-refractivity contribution >= 4 is 29.3 Å². The minimum Gasteiger partial charge on any atom is -0.451 e. The molecule has 0 saturated carbocycles. The molecule has 0 bridgehead atoms. The third kappa shape index (κ3) is 5.66. The van der Waals surface area contributed by atoms with Gasteiger partial charge in [-0.15, -0.1) is 12.4 Å². The van der Waals surface area contributed by atoms with E-state index in [1.807, 2.05) is 13.0 Å². The number of likely N-dealkylation sites (tertiary alicyclic amines) is 1. The minimum absolute atomic E-state index is 0. The van der Waals surface area contributed by atoms with Gasteiger partial charge >= 0.3 is 0 Å². The maximum Gasteiger partial charge on any atom is 0.287 e. The summed E-state index contributed by atoms with van der Waals surface area (Å²) in [5.74, 6) is -0.308. The highest BCUT2D eigenvalue weighted by Gasteiger charge is 2.25. The summed E-state index contributed by atoms with van der Waals surface area (Å²) in [6.07, 6.45) is 2.34. The summed E-state index contributed by atoms with van der Waals surface area (Å²) in [5.41, 5.74) is 3.80. The van der Waals surface area contributed by atoms with Gasteiger partial charge < -0.3 is 9.73 Å². The Kier molecular flexibility index (Phi) is 7.65. The quantitative estimate of drug-likeness (QED) is 0.545. The first kappa shape index (κ1) is 25.0. The monoisotopic (exact) mass is 468 g/mol. The standard InChI is InChI=1S/C27H32N2O3.ClH/c1-18-7-12-21-23(30)16-25(32-24(21)15-18)26(31)28-17-22(29-13-5-6-14-29)19-8-10-20(11-9-19)27(2,3)4;/h7-12,15-16,22H,5-6,13-14,17H2,1-4H3,(H,28,31);1H. The molecule has 1 aliphatic heterocycles. The van der Waals surface area contributed by atoms with Crippen LogP contribution in [0.15, 0.2) is 57.7 Å². The van der Waals surface area contributed by atoms with E-state index in [1.165, 1.54) is 30.0 Å². The molecule has 6 heteroatoms. The Hall–Kier alpha value is -2.63. The first-order chi connectivity index (χ1) is 15.2. The van der Waals surface area contributed by atoms with Gasteiger partial charge in [0.05, 0.1) is 11.4 Å². The second-order valence-electron chi connectivity index (χ2n) is 9.82. The van der Waals surface area contributed by atoms with Gasteiger partial charge in [0.25, 0.3) is 5.91 Å². The predicted molar refractivity (Wildman–Crippen MR) is 135 cm³/mol. The summed E-state index contributed by atoms with van der Waals surface area (Å²) in [5, 5.41) is 3.50. The zero-order valence-corrected chi connectivity index (χ0v) is 20.6. The Bertz CT molecular complexity index is 1170. The van der Waals surface area contributed by atoms with E-state index in [1.54, 1.807) is 12.1 Å². The minimum atomic E-state index is -0.360. The largest absolute Gasteiger partial charge is 0.451 e. The Morgan fingerprint density at radius 3 is 2.36 bits per heavy atom. The molecule has 0 aliphatic carbocycles. The van der Waals surface area contributed by atoms with Crippen molar-refractivity contribution in [2.75, 3.05) is 19.6 Å². The number of carbonyl (C=O) groups excluding carboxylic acids is 1. The van der Waals surface area contributed by atoms with Gasteiger partial charge in [-0.1, -0.05) is 51.1 Å². The number of halogens is 1. The first-order valence-electron chi connectivity index (χ1n) is 11.4. The van der Waals surface area contributed by atoms with Crippen LogP contribution in [-0.4, -0.2) is 30.4 Å². The smallest absolute Gasteiger partial charge is 0.287 e. The number of nitrogens with zero attached hydrogens (tertiary/aromatic N) is 1. The molecule has 2 heterocycles. The van der Waals surface area contributed by atoms with Crippen LogP contribution in [0.25, 0.3) is 11.0 Å². The van der Waals surface area contributed by atoms with Crippen LogP contribution >= 0.6 is 12.4 Å². The Morgan fingerprint density at radius 1 is 1.06 bits per heavy atom. The molecule has 1 atom stereocenters.